The molecule has 2 rings (SSSR count). The normalized spacial score (nSPS) is 25.3. The first kappa shape index (κ1) is 11.1. The third-order valence-electron chi connectivity index (χ3n) is 2.98. The average Bonchev–Trinajstić information content (AvgIpc) is 2.29. The number of carbonyl (C=O) groups is 1. The third kappa shape index (κ3) is 2.39. The number of nitrogens with zero attached hydrogens (tertiary/aromatic N) is 1. The maximum Gasteiger partial charge on any atom is 0.320 e. The van der Waals surface area contributed by atoms with Gasteiger partial charge in [-0.3, -0.25) is 15.1 Å². The van der Waals surface area contributed by atoms with E-state index < -0.39 is 12.0 Å². The van der Waals surface area contributed by atoms with Crippen molar-refractivity contribution in [3.05, 3.63) is 29.6 Å². The molecular formula is C12H16N2O2. The first-order chi connectivity index (χ1) is 7.66. The number of aryl methyl sites for hydroxylation is 1. The Labute approximate surface area is 94.7 Å². The number of aliphatic carboxylic acids is 1. The van der Waals surface area contributed by atoms with Crippen LogP contribution in [0.1, 0.15) is 36.4 Å². The Bertz CT molecular complexity index is 392. The molecule has 2 atom stereocenters. The summed E-state index contributed by atoms with van der Waals surface area (Å²) in [5, 5.41) is 12.1. The molecular weight excluding hydrogens is 204 g/mol. The lowest BCUT2D eigenvalue weighted by Gasteiger charge is -2.28. The molecule has 2 unspecified atom stereocenters. The lowest BCUT2D eigenvalue weighted by molar-refractivity contribution is -0.140. The highest BCUT2D eigenvalue weighted by Gasteiger charge is 2.26. The fourth-order valence-electron chi connectivity index (χ4n) is 2.16. The van der Waals surface area contributed by atoms with E-state index in [2.05, 4.69) is 16.4 Å². The summed E-state index contributed by atoms with van der Waals surface area (Å²) in [7, 11) is 0. The summed E-state index contributed by atoms with van der Waals surface area (Å²) in [6.45, 7) is 1.99. The van der Waals surface area contributed by atoms with Crippen molar-refractivity contribution >= 4 is 5.97 Å². The van der Waals surface area contributed by atoms with Crippen LogP contribution in [0.3, 0.4) is 0 Å². The monoisotopic (exact) mass is 220 g/mol. The molecule has 0 amide bonds. The van der Waals surface area contributed by atoms with Crippen LogP contribution in [0.15, 0.2) is 18.5 Å². The molecule has 1 saturated heterocycles. The molecule has 0 spiro atoms. The summed E-state index contributed by atoms with van der Waals surface area (Å²) in [5.74, 6) is -0.759. The minimum atomic E-state index is -0.759. The Hall–Kier alpha value is -1.42. The van der Waals surface area contributed by atoms with E-state index in [-0.39, 0.29) is 6.04 Å². The second-order valence-corrected chi connectivity index (χ2v) is 4.34. The van der Waals surface area contributed by atoms with Crippen LogP contribution in [0, 0.1) is 6.92 Å². The standard InChI is InChI=1S/C12H16N2O2/c1-8-5-9(7-13-6-8)10-3-2-4-11(14-10)12(15)16/h5-7,10-11,14H,2-4H2,1H3,(H,15,16). The van der Waals surface area contributed by atoms with Crippen molar-refractivity contribution in [3.63, 3.8) is 0 Å². The van der Waals surface area contributed by atoms with Crippen molar-refractivity contribution in [1.29, 1.82) is 0 Å². The fraction of sp³-hybridized carbons (Fsp3) is 0.500. The highest BCUT2D eigenvalue weighted by molar-refractivity contribution is 5.73. The van der Waals surface area contributed by atoms with E-state index in [1.807, 2.05) is 13.1 Å². The molecule has 0 saturated carbocycles. The molecule has 2 heterocycles. The van der Waals surface area contributed by atoms with Gasteiger partial charge < -0.3 is 5.11 Å². The van der Waals surface area contributed by atoms with Crippen molar-refractivity contribution in [2.75, 3.05) is 0 Å². The summed E-state index contributed by atoms with van der Waals surface area (Å²) < 4.78 is 0. The third-order valence-corrected chi connectivity index (χ3v) is 2.98. The molecule has 1 fully saturated rings. The first-order valence-electron chi connectivity index (χ1n) is 5.57. The zero-order valence-electron chi connectivity index (χ0n) is 9.31. The van der Waals surface area contributed by atoms with Crippen LogP contribution in [-0.4, -0.2) is 22.1 Å². The van der Waals surface area contributed by atoms with E-state index >= 15 is 0 Å². The Morgan fingerprint density at radius 1 is 1.50 bits per heavy atom. The minimum absolute atomic E-state index is 0.127. The van der Waals surface area contributed by atoms with Crippen molar-refractivity contribution in [1.82, 2.24) is 10.3 Å². The van der Waals surface area contributed by atoms with Gasteiger partial charge in [-0.15, -0.1) is 0 Å². The van der Waals surface area contributed by atoms with E-state index in [0.717, 1.165) is 24.0 Å². The molecule has 16 heavy (non-hydrogen) atoms. The van der Waals surface area contributed by atoms with Gasteiger partial charge in [-0.05, 0) is 37.3 Å². The van der Waals surface area contributed by atoms with Gasteiger partial charge in [0.25, 0.3) is 0 Å². The largest absolute Gasteiger partial charge is 0.480 e. The lowest BCUT2D eigenvalue weighted by Crippen LogP contribution is -2.42. The van der Waals surface area contributed by atoms with E-state index in [4.69, 9.17) is 5.11 Å². The molecule has 0 radical (unpaired) electrons. The number of carboxylic acid groups (broad SMARTS) is 1. The minimum Gasteiger partial charge on any atom is -0.480 e. The fourth-order valence-corrected chi connectivity index (χ4v) is 2.16. The van der Waals surface area contributed by atoms with Crippen LogP contribution in [0.4, 0.5) is 0 Å². The maximum atomic E-state index is 10.9. The van der Waals surface area contributed by atoms with Crippen LogP contribution in [0.2, 0.25) is 0 Å². The van der Waals surface area contributed by atoms with Gasteiger partial charge in [0.2, 0.25) is 0 Å². The molecule has 4 nitrogen and oxygen atoms in total. The molecule has 0 aromatic carbocycles. The quantitative estimate of drug-likeness (QED) is 0.795. The Kier molecular flexibility index (Phi) is 3.19. The number of carboxylic acids is 1. The molecule has 1 aromatic heterocycles. The first-order valence-corrected chi connectivity index (χ1v) is 5.57. The van der Waals surface area contributed by atoms with Crippen molar-refractivity contribution in [2.24, 2.45) is 0 Å². The molecule has 2 N–H and O–H groups in total. The van der Waals surface area contributed by atoms with Gasteiger partial charge in [-0.25, -0.2) is 0 Å². The van der Waals surface area contributed by atoms with E-state index in [1.54, 1.807) is 6.20 Å². The Morgan fingerprint density at radius 3 is 3.00 bits per heavy atom. The number of piperidine rings is 1. The van der Waals surface area contributed by atoms with E-state index in [9.17, 15) is 4.79 Å². The van der Waals surface area contributed by atoms with Gasteiger partial charge >= 0.3 is 5.97 Å². The predicted molar refractivity (Wildman–Crippen MR) is 60.1 cm³/mol. The highest BCUT2D eigenvalue weighted by Crippen LogP contribution is 2.25. The van der Waals surface area contributed by atoms with Crippen molar-refractivity contribution in [3.8, 4) is 0 Å². The van der Waals surface area contributed by atoms with Gasteiger partial charge in [0.1, 0.15) is 6.04 Å². The summed E-state index contributed by atoms with van der Waals surface area (Å²) >= 11 is 0. The Morgan fingerprint density at radius 2 is 2.31 bits per heavy atom. The van der Waals surface area contributed by atoms with Gasteiger partial charge in [-0.1, -0.05) is 6.07 Å². The van der Waals surface area contributed by atoms with Gasteiger partial charge in [0.15, 0.2) is 0 Å². The van der Waals surface area contributed by atoms with E-state index in [1.165, 1.54) is 0 Å². The number of hydrogen-bond donors (Lipinski definition) is 2. The zero-order chi connectivity index (χ0) is 11.5. The van der Waals surface area contributed by atoms with Crippen molar-refractivity contribution < 1.29 is 9.90 Å². The van der Waals surface area contributed by atoms with E-state index in [0.29, 0.717) is 6.42 Å². The molecule has 4 heteroatoms. The second-order valence-electron chi connectivity index (χ2n) is 4.34. The average molecular weight is 220 g/mol. The molecule has 1 aliphatic rings. The molecule has 86 valence electrons. The van der Waals surface area contributed by atoms with Gasteiger partial charge in [0.05, 0.1) is 0 Å². The Balaban J connectivity index is 2.12. The number of aromatic nitrogens is 1. The molecule has 1 aliphatic heterocycles. The summed E-state index contributed by atoms with van der Waals surface area (Å²) in [6, 6.07) is 1.77. The van der Waals surface area contributed by atoms with Crippen molar-refractivity contribution in [2.45, 2.75) is 38.3 Å². The predicted octanol–water partition coefficient (Wildman–Crippen LogP) is 1.66. The number of rotatable bonds is 2. The van der Waals surface area contributed by atoms with Crippen LogP contribution >= 0.6 is 0 Å². The second kappa shape index (κ2) is 4.61. The SMILES string of the molecule is Cc1cncc(C2CCCC(C(=O)O)N2)c1. The number of pyridine rings is 1. The van der Waals surface area contributed by atoms with Crippen LogP contribution in [0.5, 0.6) is 0 Å². The lowest BCUT2D eigenvalue weighted by atomic mass is 9.94. The van der Waals surface area contributed by atoms with Crippen LogP contribution < -0.4 is 5.32 Å². The zero-order valence-corrected chi connectivity index (χ0v) is 9.31. The molecule has 1 aromatic rings. The van der Waals surface area contributed by atoms with Crippen LogP contribution in [-0.2, 0) is 4.79 Å². The molecule has 0 bridgehead atoms. The summed E-state index contributed by atoms with van der Waals surface area (Å²) in [4.78, 5) is 15.1. The molecule has 0 aliphatic carbocycles. The summed E-state index contributed by atoms with van der Waals surface area (Å²) in [5.41, 5.74) is 2.20. The van der Waals surface area contributed by atoms with Gasteiger partial charge in [-0.2, -0.15) is 0 Å². The topological polar surface area (TPSA) is 62.2 Å². The van der Waals surface area contributed by atoms with Gasteiger partial charge in [0, 0.05) is 18.4 Å². The number of hydrogen-bond acceptors (Lipinski definition) is 3. The highest BCUT2D eigenvalue weighted by atomic mass is 16.4. The van der Waals surface area contributed by atoms with Crippen LogP contribution in [0.25, 0.3) is 0 Å². The smallest absolute Gasteiger partial charge is 0.320 e. The maximum absolute atomic E-state index is 10.9. The number of nitrogens with one attached hydrogen (secondary N) is 1. The summed E-state index contributed by atoms with van der Waals surface area (Å²) in [6.07, 6.45) is 6.26.